The van der Waals surface area contributed by atoms with Gasteiger partial charge in [-0.05, 0) is 11.6 Å². The van der Waals surface area contributed by atoms with Crippen LogP contribution in [0.25, 0.3) is 0 Å². The molecule has 0 bridgehead atoms. The van der Waals surface area contributed by atoms with Gasteiger partial charge in [-0.25, -0.2) is 0 Å². The van der Waals surface area contributed by atoms with Crippen LogP contribution in [0.4, 0.5) is 0 Å². The minimum Gasteiger partial charge on any atom is -0.482 e. The summed E-state index contributed by atoms with van der Waals surface area (Å²) in [5.41, 5.74) is 2.23. The predicted molar refractivity (Wildman–Crippen MR) is 84.6 cm³/mol. The van der Waals surface area contributed by atoms with Gasteiger partial charge < -0.3 is 4.74 Å². The van der Waals surface area contributed by atoms with E-state index in [1.165, 1.54) is 11.1 Å². The number of ether oxygens (including phenoxy) is 1. The van der Waals surface area contributed by atoms with Gasteiger partial charge in [0.2, 0.25) is 0 Å². The van der Waals surface area contributed by atoms with E-state index in [0.29, 0.717) is 6.54 Å². The molecule has 0 unspecified atom stereocenters. The van der Waals surface area contributed by atoms with Crippen molar-refractivity contribution in [2.75, 3.05) is 19.6 Å². The van der Waals surface area contributed by atoms with E-state index >= 15 is 0 Å². The molecule has 2 aromatic rings. The molecular weight excluding hydrogens is 272 g/mol. The Labute approximate surface area is 130 Å². The highest BCUT2D eigenvalue weighted by Gasteiger charge is 2.52. The molecule has 2 atom stereocenters. The van der Waals surface area contributed by atoms with E-state index in [4.69, 9.17) is 10.00 Å². The quantitative estimate of drug-likeness (QED) is 0.796. The van der Waals surface area contributed by atoms with Crippen molar-refractivity contribution in [2.24, 2.45) is 0 Å². The van der Waals surface area contributed by atoms with Crippen LogP contribution in [0.5, 0.6) is 5.75 Å². The first-order chi connectivity index (χ1) is 10.8. The van der Waals surface area contributed by atoms with E-state index in [1.807, 2.05) is 12.1 Å². The second-order valence-corrected chi connectivity index (χ2v) is 6.09. The summed E-state index contributed by atoms with van der Waals surface area (Å²) < 4.78 is 6.50. The number of para-hydroxylation sites is 1. The monoisotopic (exact) mass is 290 g/mol. The summed E-state index contributed by atoms with van der Waals surface area (Å²) in [4.78, 5) is 2.23. The highest BCUT2D eigenvalue weighted by molar-refractivity contribution is 5.47. The van der Waals surface area contributed by atoms with Gasteiger partial charge >= 0.3 is 0 Å². The van der Waals surface area contributed by atoms with Gasteiger partial charge in [0, 0.05) is 31.0 Å². The molecule has 2 aliphatic rings. The highest BCUT2D eigenvalue weighted by atomic mass is 16.5. The maximum absolute atomic E-state index is 9.01. The third-order valence-corrected chi connectivity index (χ3v) is 4.95. The summed E-state index contributed by atoms with van der Waals surface area (Å²) in [7, 11) is 0. The van der Waals surface area contributed by atoms with Crippen LogP contribution in [-0.2, 0) is 5.60 Å². The molecule has 4 rings (SSSR count). The normalized spacial score (nSPS) is 26.6. The van der Waals surface area contributed by atoms with Gasteiger partial charge in [-0.2, -0.15) is 5.26 Å². The van der Waals surface area contributed by atoms with E-state index in [2.05, 4.69) is 53.4 Å². The van der Waals surface area contributed by atoms with Crippen molar-refractivity contribution < 1.29 is 4.74 Å². The van der Waals surface area contributed by atoms with Crippen LogP contribution in [0.3, 0.4) is 0 Å². The zero-order valence-electron chi connectivity index (χ0n) is 12.4. The standard InChI is InChI=1S/C19H18N2O/c20-11-13-21-12-10-19(15-6-2-1-3-7-15)17(14-21)16-8-4-5-9-18(16)22-19/h1-9,17H,10,12-14H2/t17-,19+/m1/s1. The van der Waals surface area contributed by atoms with Gasteiger partial charge in [-0.1, -0.05) is 48.5 Å². The lowest BCUT2D eigenvalue weighted by Crippen LogP contribution is -2.49. The van der Waals surface area contributed by atoms with Crippen molar-refractivity contribution in [2.45, 2.75) is 17.9 Å². The number of likely N-dealkylation sites (tertiary alicyclic amines) is 1. The number of piperidine rings is 1. The highest BCUT2D eigenvalue weighted by Crippen LogP contribution is 2.54. The Morgan fingerprint density at radius 3 is 2.73 bits per heavy atom. The fourth-order valence-corrected chi connectivity index (χ4v) is 3.89. The summed E-state index contributed by atoms with van der Waals surface area (Å²) in [6.07, 6.45) is 0.915. The van der Waals surface area contributed by atoms with Gasteiger partial charge in [0.1, 0.15) is 11.4 Å². The minimum absolute atomic E-state index is 0.281. The number of benzene rings is 2. The molecule has 0 spiro atoms. The van der Waals surface area contributed by atoms with Gasteiger partial charge in [-0.3, -0.25) is 4.90 Å². The molecular formula is C19H18N2O. The van der Waals surface area contributed by atoms with Crippen molar-refractivity contribution in [3.8, 4) is 11.8 Å². The van der Waals surface area contributed by atoms with Crippen LogP contribution in [0.2, 0.25) is 0 Å². The molecule has 3 heteroatoms. The third kappa shape index (κ3) is 1.92. The van der Waals surface area contributed by atoms with E-state index in [-0.39, 0.29) is 11.5 Å². The number of rotatable bonds is 2. The van der Waals surface area contributed by atoms with Gasteiger partial charge in [0.15, 0.2) is 0 Å². The molecule has 2 aliphatic heterocycles. The Bertz CT molecular complexity index is 722. The fourth-order valence-electron chi connectivity index (χ4n) is 3.89. The molecule has 2 heterocycles. The average Bonchev–Trinajstić information content (AvgIpc) is 2.91. The molecule has 22 heavy (non-hydrogen) atoms. The Balaban J connectivity index is 1.79. The van der Waals surface area contributed by atoms with Gasteiger partial charge in [0.05, 0.1) is 12.6 Å². The van der Waals surface area contributed by atoms with E-state index in [1.54, 1.807) is 0 Å². The topological polar surface area (TPSA) is 36.3 Å². The first-order valence-corrected chi connectivity index (χ1v) is 7.76. The fraction of sp³-hybridized carbons (Fsp3) is 0.316. The average molecular weight is 290 g/mol. The molecule has 0 saturated carbocycles. The third-order valence-electron chi connectivity index (χ3n) is 4.95. The van der Waals surface area contributed by atoms with Crippen molar-refractivity contribution in [3.05, 3.63) is 65.7 Å². The van der Waals surface area contributed by atoms with Crippen LogP contribution in [0, 0.1) is 11.3 Å². The van der Waals surface area contributed by atoms with Gasteiger partial charge in [-0.15, -0.1) is 0 Å². The molecule has 0 N–H and O–H groups in total. The molecule has 0 radical (unpaired) electrons. The number of nitrogens with zero attached hydrogens (tertiary/aromatic N) is 2. The van der Waals surface area contributed by atoms with E-state index in [9.17, 15) is 0 Å². The molecule has 0 aromatic heterocycles. The summed E-state index contributed by atoms with van der Waals surface area (Å²) in [6.45, 7) is 2.26. The van der Waals surface area contributed by atoms with Crippen LogP contribution in [-0.4, -0.2) is 24.5 Å². The number of nitriles is 1. The lowest BCUT2D eigenvalue weighted by molar-refractivity contribution is 0.00345. The van der Waals surface area contributed by atoms with Crippen molar-refractivity contribution in [3.63, 3.8) is 0 Å². The first kappa shape index (κ1) is 13.4. The molecule has 1 fully saturated rings. The summed E-state index contributed by atoms with van der Waals surface area (Å²) in [5.74, 6) is 1.28. The van der Waals surface area contributed by atoms with Crippen molar-refractivity contribution in [1.82, 2.24) is 4.90 Å². The maximum atomic E-state index is 9.01. The maximum Gasteiger partial charge on any atom is 0.143 e. The first-order valence-electron chi connectivity index (χ1n) is 7.76. The zero-order chi connectivity index (χ0) is 15.0. The molecule has 2 aromatic carbocycles. The lowest BCUT2D eigenvalue weighted by Gasteiger charge is -2.42. The lowest BCUT2D eigenvalue weighted by atomic mass is 9.74. The van der Waals surface area contributed by atoms with E-state index in [0.717, 1.165) is 25.3 Å². The van der Waals surface area contributed by atoms with Crippen LogP contribution >= 0.6 is 0 Å². The molecule has 0 aliphatic carbocycles. The number of hydrogen-bond donors (Lipinski definition) is 0. The summed E-state index contributed by atoms with van der Waals surface area (Å²) >= 11 is 0. The minimum atomic E-state index is -0.281. The van der Waals surface area contributed by atoms with Crippen molar-refractivity contribution >= 4 is 0 Å². The Hall–Kier alpha value is -2.31. The summed E-state index contributed by atoms with van der Waals surface area (Å²) in [5, 5.41) is 9.01. The predicted octanol–water partition coefficient (Wildman–Crippen LogP) is 3.29. The van der Waals surface area contributed by atoms with E-state index < -0.39 is 0 Å². The molecule has 0 amide bonds. The zero-order valence-corrected chi connectivity index (χ0v) is 12.4. The Morgan fingerprint density at radius 2 is 1.91 bits per heavy atom. The second-order valence-electron chi connectivity index (χ2n) is 6.09. The molecule has 1 saturated heterocycles. The Kier molecular flexibility index (Phi) is 3.13. The largest absolute Gasteiger partial charge is 0.482 e. The van der Waals surface area contributed by atoms with Crippen LogP contribution in [0.15, 0.2) is 54.6 Å². The molecule has 3 nitrogen and oxygen atoms in total. The van der Waals surface area contributed by atoms with Crippen LogP contribution in [0.1, 0.15) is 23.5 Å². The van der Waals surface area contributed by atoms with Crippen molar-refractivity contribution in [1.29, 1.82) is 5.26 Å². The number of fused-ring (bicyclic) bond motifs is 3. The summed E-state index contributed by atoms with van der Waals surface area (Å²) in [6, 6.07) is 21.1. The molecule has 110 valence electrons. The second kappa shape index (κ2) is 5.15. The SMILES string of the molecule is N#CCN1CC[C@@]2(c3ccccc3)Oc3ccccc3[C@H]2C1. The van der Waals surface area contributed by atoms with Gasteiger partial charge in [0.25, 0.3) is 0 Å². The Morgan fingerprint density at radius 1 is 1.14 bits per heavy atom. The van der Waals surface area contributed by atoms with Crippen LogP contribution < -0.4 is 4.74 Å². The number of hydrogen-bond acceptors (Lipinski definition) is 3. The smallest absolute Gasteiger partial charge is 0.143 e.